The van der Waals surface area contributed by atoms with Crippen molar-refractivity contribution in [2.45, 2.75) is 25.4 Å². The number of carbonyl (C=O) groups excluding carboxylic acids is 1. The number of thiophene rings is 1. The van der Waals surface area contributed by atoms with E-state index in [4.69, 9.17) is 32.7 Å². The van der Waals surface area contributed by atoms with Gasteiger partial charge in [0.15, 0.2) is 5.13 Å². The van der Waals surface area contributed by atoms with Gasteiger partial charge in [0.05, 0.1) is 35.8 Å². The second-order valence-electron chi connectivity index (χ2n) is 5.28. The van der Waals surface area contributed by atoms with Crippen LogP contribution in [0.5, 0.6) is 0 Å². The average Bonchev–Trinajstić information content (AvgIpc) is 3.25. The lowest BCUT2D eigenvalue weighted by Crippen LogP contribution is -2.18. The van der Waals surface area contributed by atoms with Crippen molar-refractivity contribution in [3.05, 3.63) is 20.1 Å². The van der Waals surface area contributed by atoms with Gasteiger partial charge in [0.2, 0.25) is 5.91 Å². The highest BCUT2D eigenvalue weighted by Gasteiger charge is 2.16. The number of amides is 1. The van der Waals surface area contributed by atoms with E-state index in [1.165, 1.54) is 22.7 Å². The number of hydrogen-bond donors (Lipinski definition) is 1. The highest BCUT2D eigenvalue weighted by Crippen LogP contribution is 2.38. The highest BCUT2D eigenvalue weighted by atomic mass is 35.5. The summed E-state index contributed by atoms with van der Waals surface area (Å²) >= 11 is 14.7. The molecular weight excluding hydrogens is 391 g/mol. The Bertz CT molecular complexity index is 699. The van der Waals surface area contributed by atoms with Gasteiger partial charge in [0, 0.05) is 17.6 Å². The first-order valence-corrected chi connectivity index (χ1v) is 9.97. The van der Waals surface area contributed by atoms with E-state index in [9.17, 15) is 4.79 Å². The molecule has 2 aromatic rings. The van der Waals surface area contributed by atoms with E-state index >= 15 is 0 Å². The van der Waals surface area contributed by atoms with Crippen LogP contribution in [0.3, 0.4) is 0 Å². The van der Waals surface area contributed by atoms with Crippen LogP contribution in [0.25, 0.3) is 11.3 Å². The number of anilines is 1. The standard InChI is InChI=1S/C15H16Cl2N2O3S2/c16-12-6-10(14(17)24-12)11-8-23-15(18-11)19-13(20)3-5-21-7-9-2-1-4-22-9/h6,8-9H,1-5,7H2,(H,18,19,20). The molecule has 3 rings (SSSR count). The summed E-state index contributed by atoms with van der Waals surface area (Å²) in [4.78, 5) is 16.3. The minimum atomic E-state index is -0.127. The third kappa shape index (κ3) is 4.91. The topological polar surface area (TPSA) is 60.5 Å². The molecule has 5 nitrogen and oxygen atoms in total. The summed E-state index contributed by atoms with van der Waals surface area (Å²) < 4.78 is 12.1. The first-order valence-electron chi connectivity index (χ1n) is 7.52. The molecule has 0 radical (unpaired) electrons. The fourth-order valence-electron chi connectivity index (χ4n) is 2.31. The number of nitrogens with one attached hydrogen (secondary N) is 1. The van der Waals surface area contributed by atoms with E-state index in [-0.39, 0.29) is 18.4 Å². The van der Waals surface area contributed by atoms with Crippen LogP contribution in [-0.4, -0.2) is 36.8 Å². The molecule has 1 atom stereocenters. The van der Waals surface area contributed by atoms with Crippen molar-refractivity contribution >= 4 is 56.9 Å². The predicted molar refractivity (Wildman–Crippen MR) is 98.5 cm³/mol. The molecule has 1 unspecified atom stereocenters. The van der Waals surface area contributed by atoms with Crippen LogP contribution in [0.2, 0.25) is 8.67 Å². The van der Waals surface area contributed by atoms with Gasteiger partial charge >= 0.3 is 0 Å². The zero-order valence-electron chi connectivity index (χ0n) is 12.7. The van der Waals surface area contributed by atoms with Crippen LogP contribution >= 0.6 is 45.9 Å². The Morgan fingerprint density at radius 2 is 2.38 bits per heavy atom. The summed E-state index contributed by atoms with van der Waals surface area (Å²) in [6.07, 6.45) is 2.58. The van der Waals surface area contributed by atoms with Gasteiger partial charge in [-0.05, 0) is 18.9 Å². The summed E-state index contributed by atoms with van der Waals surface area (Å²) in [7, 11) is 0. The quantitative estimate of drug-likeness (QED) is 0.676. The lowest BCUT2D eigenvalue weighted by molar-refractivity contribution is -0.117. The molecule has 1 aliphatic rings. The van der Waals surface area contributed by atoms with Crippen LogP contribution in [0.4, 0.5) is 5.13 Å². The molecule has 1 amide bonds. The van der Waals surface area contributed by atoms with Crippen LogP contribution in [0.1, 0.15) is 19.3 Å². The molecule has 0 spiro atoms. The maximum atomic E-state index is 11.9. The molecule has 1 N–H and O–H groups in total. The maximum absolute atomic E-state index is 11.9. The summed E-state index contributed by atoms with van der Waals surface area (Å²) in [6, 6.07) is 1.77. The monoisotopic (exact) mass is 406 g/mol. The Balaban J connectivity index is 1.44. The average molecular weight is 407 g/mol. The summed E-state index contributed by atoms with van der Waals surface area (Å²) in [6.45, 7) is 1.72. The third-order valence-electron chi connectivity index (χ3n) is 3.48. The van der Waals surface area contributed by atoms with E-state index in [2.05, 4.69) is 10.3 Å². The van der Waals surface area contributed by atoms with Gasteiger partial charge in [-0.15, -0.1) is 22.7 Å². The van der Waals surface area contributed by atoms with Crippen molar-refractivity contribution in [1.82, 2.24) is 4.98 Å². The molecule has 9 heteroatoms. The molecule has 130 valence electrons. The largest absolute Gasteiger partial charge is 0.378 e. The van der Waals surface area contributed by atoms with E-state index in [1.807, 2.05) is 5.38 Å². The SMILES string of the molecule is O=C(CCOCC1CCCO1)Nc1nc(-c2cc(Cl)sc2Cl)cs1. The van der Waals surface area contributed by atoms with Gasteiger partial charge < -0.3 is 14.8 Å². The highest BCUT2D eigenvalue weighted by molar-refractivity contribution is 7.20. The van der Waals surface area contributed by atoms with Gasteiger partial charge in [-0.2, -0.15) is 0 Å². The van der Waals surface area contributed by atoms with Gasteiger partial charge in [-0.25, -0.2) is 4.98 Å². The minimum Gasteiger partial charge on any atom is -0.378 e. The predicted octanol–water partition coefficient (Wildman–Crippen LogP) is 4.70. The second kappa shape index (κ2) is 8.60. The number of carbonyl (C=O) groups is 1. The number of thiazole rings is 1. The van der Waals surface area contributed by atoms with Gasteiger partial charge in [-0.3, -0.25) is 4.79 Å². The lowest BCUT2D eigenvalue weighted by Gasteiger charge is -2.09. The number of halogens is 2. The van der Waals surface area contributed by atoms with Gasteiger partial charge in [0.1, 0.15) is 4.34 Å². The zero-order valence-corrected chi connectivity index (χ0v) is 15.9. The van der Waals surface area contributed by atoms with E-state index in [0.29, 0.717) is 32.7 Å². The van der Waals surface area contributed by atoms with Crippen molar-refractivity contribution in [2.24, 2.45) is 0 Å². The third-order valence-corrected chi connectivity index (χ3v) is 5.73. The summed E-state index contributed by atoms with van der Waals surface area (Å²) in [5.74, 6) is -0.127. The number of rotatable bonds is 7. The Morgan fingerprint density at radius 3 is 3.08 bits per heavy atom. The van der Waals surface area contributed by atoms with E-state index < -0.39 is 0 Å². The van der Waals surface area contributed by atoms with Crippen molar-refractivity contribution in [3.8, 4) is 11.3 Å². The van der Waals surface area contributed by atoms with E-state index in [0.717, 1.165) is 25.0 Å². The zero-order chi connectivity index (χ0) is 16.9. The fraction of sp³-hybridized carbons (Fsp3) is 0.467. The molecule has 0 saturated carbocycles. The second-order valence-corrected chi connectivity index (χ2v) is 8.43. The van der Waals surface area contributed by atoms with E-state index in [1.54, 1.807) is 6.07 Å². The fourth-order valence-corrected chi connectivity index (χ4v) is 4.51. The Morgan fingerprint density at radius 1 is 1.50 bits per heavy atom. The molecular formula is C15H16Cl2N2O3S2. The Hall–Kier alpha value is -0.700. The molecule has 1 saturated heterocycles. The molecule has 1 fully saturated rings. The van der Waals surface area contributed by atoms with Crippen molar-refractivity contribution in [3.63, 3.8) is 0 Å². The van der Waals surface area contributed by atoms with Crippen molar-refractivity contribution in [1.29, 1.82) is 0 Å². The molecule has 1 aliphatic heterocycles. The number of aromatic nitrogens is 1. The van der Waals surface area contributed by atoms with Crippen LogP contribution in [0, 0.1) is 0 Å². The normalized spacial score (nSPS) is 17.3. The minimum absolute atomic E-state index is 0.127. The molecule has 2 aromatic heterocycles. The van der Waals surface area contributed by atoms with Crippen molar-refractivity contribution in [2.75, 3.05) is 25.1 Å². The molecule has 3 heterocycles. The summed E-state index contributed by atoms with van der Waals surface area (Å²) in [5.41, 5.74) is 1.49. The van der Waals surface area contributed by atoms with Gasteiger partial charge in [-0.1, -0.05) is 23.2 Å². The smallest absolute Gasteiger partial charge is 0.228 e. The molecule has 0 aliphatic carbocycles. The Kier molecular flexibility index (Phi) is 6.49. The molecule has 24 heavy (non-hydrogen) atoms. The number of hydrogen-bond acceptors (Lipinski definition) is 6. The number of nitrogens with zero attached hydrogens (tertiary/aromatic N) is 1. The first-order chi connectivity index (χ1) is 11.6. The van der Waals surface area contributed by atoms with Crippen LogP contribution < -0.4 is 5.32 Å². The summed E-state index contributed by atoms with van der Waals surface area (Å²) in [5, 5.41) is 5.15. The molecule has 0 aromatic carbocycles. The maximum Gasteiger partial charge on any atom is 0.228 e. The molecule has 0 bridgehead atoms. The van der Waals surface area contributed by atoms with Gasteiger partial charge in [0.25, 0.3) is 0 Å². The Labute approximate surface area is 157 Å². The lowest BCUT2D eigenvalue weighted by atomic mass is 10.2. The van der Waals surface area contributed by atoms with Crippen molar-refractivity contribution < 1.29 is 14.3 Å². The number of ether oxygens (including phenoxy) is 2. The first kappa shape index (κ1) is 18.1. The van der Waals surface area contributed by atoms with Crippen LogP contribution in [0.15, 0.2) is 11.4 Å². The van der Waals surface area contributed by atoms with Crippen LogP contribution in [-0.2, 0) is 14.3 Å².